The standard InChI is InChI=1S/C20H21N3OS/c1-3-23(4-2)12-11-22-16-10-9-14(13-21)20-18(16)19(24)15-7-5-6-8-17(15)25-20/h5-10,22H,3-4,11-12H2,1-2H3/i13+2. The zero-order valence-electron chi connectivity index (χ0n) is 14.5. The first-order valence-corrected chi connectivity index (χ1v) is 9.36. The van der Waals surface area contributed by atoms with Crippen LogP contribution in [0.2, 0.25) is 0 Å². The first kappa shape index (κ1) is 17.4. The smallest absolute Gasteiger partial charge is 0.197 e. The highest BCUT2D eigenvalue weighted by molar-refractivity contribution is 7.24. The van der Waals surface area contributed by atoms with Gasteiger partial charge < -0.3 is 10.2 Å². The molecule has 1 N–H and O–H groups in total. The van der Waals surface area contributed by atoms with E-state index in [0.717, 1.165) is 41.3 Å². The SMILES string of the molecule is CCN(CC)CCNc1ccc([14C]#N)c2sc3ccccc3c(=O)c12. The third-order valence-electron chi connectivity index (χ3n) is 4.49. The Labute approximate surface area is 151 Å². The van der Waals surface area contributed by atoms with Crippen LogP contribution in [0.3, 0.4) is 0 Å². The van der Waals surface area contributed by atoms with E-state index < -0.39 is 0 Å². The van der Waals surface area contributed by atoms with Crippen molar-refractivity contribution in [3.63, 3.8) is 0 Å². The first-order chi connectivity index (χ1) is 12.2. The van der Waals surface area contributed by atoms with Crippen LogP contribution in [0.25, 0.3) is 20.2 Å². The normalized spacial score (nSPS) is 11.1. The van der Waals surface area contributed by atoms with Crippen molar-refractivity contribution in [1.29, 1.82) is 5.26 Å². The highest BCUT2D eigenvalue weighted by atomic mass is 32.1. The van der Waals surface area contributed by atoms with Crippen molar-refractivity contribution in [2.45, 2.75) is 13.8 Å². The van der Waals surface area contributed by atoms with Crippen LogP contribution < -0.4 is 10.7 Å². The van der Waals surface area contributed by atoms with E-state index in [4.69, 9.17) is 0 Å². The Hall–Kier alpha value is -2.42. The van der Waals surface area contributed by atoms with E-state index in [1.807, 2.05) is 30.3 Å². The molecule has 0 aliphatic rings. The van der Waals surface area contributed by atoms with Gasteiger partial charge in [-0.15, -0.1) is 11.3 Å². The van der Waals surface area contributed by atoms with Crippen LogP contribution in [-0.4, -0.2) is 31.1 Å². The summed E-state index contributed by atoms with van der Waals surface area (Å²) in [6.45, 7) is 7.98. The summed E-state index contributed by atoms with van der Waals surface area (Å²) in [5.41, 5.74) is 1.36. The van der Waals surface area contributed by atoms with Gasteiger partial charge in [0.2, 0.25) is 0 Å². The lowest BCUT2D eigenvalue weighted by molar-refractivity contribution is 0.316. The summed E-state index contributed by atoms with van der Waals surface area (Å²) in [6.07, 6.45) is 0. The molecule has 0 amide bonds. The molecule has 0 atom stereocenters. The second kappa shape index (κ2) is 7.64. The van der Waals surface area contributed by atoms with Gasteiger partial charge in [0.1, 0.15) is 6.07 Å². The lowest BCUT2D eigenvalue weighted by Gasteiger charge is -2.19. The molecule has 0 saturated carbocycles. The fourth-order valence-corrected chi connectivity index (χ4v) is 4.19. The van der Waals surface area contributed by atoms with Crippen LogP contribution >= 0.6 is 11.3 Å². The van der Waals surface area contributed by atoms with Crippen LogP contribution in [0.15, 0.2) is 41.2 Å². The van der Waals surface area contributed by atoms with E-state index in [1.54, 1.807) is 6.07 Å². The van der Waals surface area contributed by atoms with Gasteiger partial charge in [0.05, 0.1) is 15.6 Å². The molecule has 0 bridgehead atoms. The van der Waals surface area contributed by atoms with Gasteiger partial charge >= 0.3 is 0 Å². The molecule has 2 aromatic carbocycles. The summed E-state index contributed by atoms with van der Waals surface area (Å²) in [5.74, 6) is 0. The number of nitrogens with zero attached hydrogens (tertiary/aromatic N) is 2. The minimum atomic E-state index is -0.00760. The number of likely N-dealkylation sites (N-methyl/N-ethyl adjacent to an activating group) is 1. The van der Waals surface area contributed by atoms with Crippen molar-refractivity contribution in [2.75, 3.05) is 31.5 Å². The van der Waals surface area contributed by atoms with Gasteiger partial charge in [-0.25, -0.2) is 0 Å². The highest BCUT2D eigenvalue weighted by Crippen LogP contribution is 2.31. The predicted octanol–water partition coefficient (Wildman–Crippen LogP) is 4.04. The van der Waals surface area contributed by atoms with Crippen molar-refractivity contribution in [3.8, 4) is 6.07 Å². The molecule has 128 valence electrons. The zero-order valence-corrected chi connectivity index (χ0v) is 15.3. The fourth-order valence-electron chi connectivity index (χ4n) is 3.03. The van der Waals surface area contributed by atoms with Crippen molar-refractivity contribution in [1.82, 2.24) is 4.90 Å². The number of fused-ring (bicyclic) bond motifs is 2. The molecule has 0 saturated heterocycles. The molecular weight excluding hydrogens is 332 g/mol. The molecule has 0 spiro atoms. The number of benzene rings is 2. The molecule has 0 unspecified atom stereocenters. The summed E-state index contributed by atoms with van der Waals surface area (Å²) in [6, 6.07) is 13.5. The Balaban J connectivity index is 2.09. The maximum Gasteiger partial charge on any atom is 0.197 e. The van der Waals surface area contributed by atoms with Crippen molar-refractivity contribution >= 4 is 37.2 Å². The van der Waals surface area contributed by atoms with Gasteiger partial charge in [-0.2, -0.15) is 5.26 Å². The summed E-state index contributed by atoms with van der Waals surface area (Å²) in [7, 11) is 0. The Bertz CT molecular complexity index is 999. The van der Waals surface area contributed by atoms with Gasteiger partial charge in [0.25, 0.3) is 0 Å². The zero-order chi connectivity index (χ0) is 17.8. The Kier molecular flexibility index (Phi) is 5.32. The molecule has 3 rings (SSSR count). The minimum Gasteiger partial charge on any atom is -0.383 e. The van der Waals surface area contributed by atoms with Gasteiger partial charge in [-0.3, -0.25) is 4.79 Å². The first-order valence-electron chi connectivity index (χ1n) is 8.54. The largest absolute Gasteiger partial charge is 0.383 e. The maximum absolute atomic E-state index is 13.0. The van der Waals surface area contributed by atoms with E-state index in [9.17, 15) is 10.1 Å². The Morgan fingerprint density at radius 3 is 2.64 bits per heavy atom. The molecular formula is C20H21N3OS. The average Bonchev–Trinajstić information content (AvgIpc) is 2.65. The van der Waals surface area contributed by atoms with Gasteiger partial charge in [-0.05, 0) is 37.4 Å². The number of rotatable bonds is 6. The van der Waals surface area contributed by atoms with Crippen molar-refractivity contribution in [3.05, 3.63) is 52.2 Å². The molecule has 25 heavy (non-hydrogen) atoms. The summed E-state index contributed by atoms with van der Waals surface area (Å²) in [5, 5.41) is 14.2. The monoisotopic (exact) mass is 353 g/mol. The minimum absolute atomic E-state index is 0.00760. The van der Waals surface area contributed by atoms with Gasteiger partial charge in [0.15, 0.2) is 5.43 Å². The second-order valence-electron chi connectivity index (χ2n) is 5.86. The van der Waals surface area contributed by atoms with E-state index in [1.165, 1.54) is 11.3 Å². The predicted molar refractivity (Wildman–Crippen MR) is 107 cm³/mol. The molecule has 3 aromatic rings. The van der Waals surface area contributed by atoms with Crippen LogP contribution in [0.1, 0.15) is 19.4 Å². The Morgan fingerprint density at radius 1 is 1.16 bits per heavy atom. The molecule has 0 aliphatic carbocycles. The molecule has 1 heterocycles. The lowest BCUT2D eigenvalue weighted by atomic mass is 10.1. The highest BCUT2D eigenvalue weighted by Gasteiger charge is 2.13. The van der Waals surface area contributed by atoms with Gasteiger partial charge in [0, 0.05) is 28.9 Å². The Morgan fingerprint density at radius 2 is 1.92 bits per heavy atom. The molecule has 0 aliphatic heterocycles. The van der Waals surface area contributed by atoms with E-state index in [0.29, 0.717) is 16.3 Å². The van der Waals surface area contributed by atoms with E-state index >= 15 is 0 Å². The lowest BCUT2D eigenvalue weighted by Crippen LogP contribution is -2.28. The summed E-state index contributed by atoms with van der Waals surface area (Å²) < 4.78 is 1.68. The van der Waals surface area contributed by atoms with Crippen molar-refractivity contribution < 1.29 is 0 Å². The number of hydrogen-bond acceptors (Lipinski definition) is 5. The number of hydrogen-bond donors (Lipinski definition) is 1. The van der Waals surface area contributed by atoms with Crippen LogP contribution in [0, 0.1) is 11.3 Å². The third kappa shape index (κ3) is 3.37. The third-order valence-corrected chi connectivity index (χ3v) is 5.69. The van der Waals surface area contributed by atoms with Gasteiger partial charge in [-0.1, -0.05) is 26.0 Å². The van der Waals surface area contributed by atoms with Crippen LogP contribution in [0.5, 0.6) is 0 Å². The molecule has 1 aromatic heterocycles. The fraction of sp³-hybridized carbons (Fsp3) is 0.300. The summed E-state index contributed by atoms with van der Waals surface area (Å²) in [4.78, 5) is 15.4. The molecule has 5 heteroatoms. The van der Waals surface area contributed by atoms with Crippen LogP contribution in [-0.2, 0) is 0 Å². The van der Waals surface area contributed by atoms with Crippen LogP contribution in [0.4, 0.5) is 5.69 Å². The molecule has 4 nitrogen and oxygen atoms in total. The number of nitrogens with one attached hydrogen (secondary N) is 1. The van der Waals surface area contributed by atoms with E-state index in [2.05, 4.69) is 30.1 Å². The average molecular weight is 353 g/mol. The number of nitriles is 1. The summed E-state index contributed by atoms with van der Waals surface area (Å²) >= 11 is 1.51. The quantitative estimate of drug-likeness (QED) is 0.680. The molecule has 0 fully saturated rings. The topological polar surface area (TPSA) is 56.1 Å². The van der Waals surface area contributed by atoms with E-state index in [-0.39, 0.29) is 5.43 Å². The second-order valence-corrected chi connectivity index (χ2v) is 6.91. The molecule has 0 radical (unpaired) electrons. The van der Waals surface area contributed by atoms with Crippen molar-refractivity contribution in [2.24, 2.45) is 0 Å². The number of anilines is 1. The maximum atomic E-state index is 13.0.